The zero-order valence-electron chi connectivity index (χ0n) is 13.6. The first-order valence-electron chi connectivity index (χ1n) is 7.67. The molecule has 130 valence electrons. The van der Waals surface area contributed by atoms with Gasteiger partial charge in [-0.2, -0.15) is 0 Å². The topological polar surface area (TPSA) is 73.9 Å². The van der Waals surface area contributed by atoms with Crippen molar-refractivity contribution in [3.63, 3.8) is 0 Å². The molecule has 0 spiro atoms. The fraction of sp³-hybridized carbons (Fsp3) is 0.222. The molecule has 0 saturated heterocycles. The maximum Gasteiger partial charge on any atom is 0.339 e. The lowest BCUT2D eigenvalue weighted by Crippen LogP contribution is -2.21. The molecular formula is C18H17NO5S. The molecule has 1 amide bonds. The highest BCUT2D eigenvalue weighted by Crippen LogP contribution is 2.32. The van der Waals surface area contributed by atoms with Crippen molar-refractivity contribution >= 4 is 29.3 Å². The van der Waals surface area contributed by atoms with Crippen molar-refractivity contribution in [1.82, 2.24) is 0 Å². The molecule has 0 unspecified atom stereocenters. The molecule has 7 heteroatoms. The van der Waals surface area contributed by atoms with Gasteiger partial charge in [0.25, 0.3) is 5.91 Å². The number of rotatable bonds is 5. The predicted molar refractivity (Wildman–Crippen MR) is 94.6 cm³/mol. The third-order valence-electron chi connectivity index (χ3n) is 3.49. The van der Waals surface area contributed by atoms with Crippen LogP contribution in [-0.4, -0.2) is 38.0 Å². The average Bonchev–Trinajstić information content (AvgIpc) is 2.66. The quantitative estimate of drug-likeness (QED) is 0.654. The first-order chi connectivity index (χ1) is 12.2. The summed E-state index contributed by atoms with van der Waals surface area (Å²) in [7, 11) is 0. The Kier molecular flexibility index (Phi) is 5.45. The highest BCUT2D eigenvalue weighted by Gasteiger charge is 2.15. The Balaban J connectivity index is 1.57. The molecule has 6 nitrogen and oxygen atoms in total. The van der Waals surface area contributed by atoms with E-state index in [1.54, 1.807) is 30.3 Å². The first kappa shape index (κ1) is 17.2. The van der Waals surface area contributed by atoms with Crippen LogP contribution in [0.3, 0.4) is 0 Å². The number of amides is 1. The lowest BCUT2D eigenvalue weighted by molar-refractivity contribution is -0.119. The highest BCUT2D eigenvalue weighted by atomic mass is 32.2. The number of benzene rings is 2. The summed E-state index contributed by atoms with van der Waals surface area (Å²) in [4.78, 5) is 24.9. The van der Waals surface area contributed by atoms with Gasteiger partial charge >= 0.3 is 5.97 Å². The second-order valence-corrected chi connectivity index (χ2v) is 6.03. The lowest BCUT2D eigenvalue weighted by atomic mass is 10.2. The van der Waals surface area contributed by atoms with Gasteiger partial charge in [0.05, 0.1) is 5.56 Å². The van der Waals surface area contributed by atoms with Gasteiger partial charge in [0.1, 0.15) is 13.2 Å². The number of ether oxygens (including phenoxy) is 3. The van der Waals surface area contributed by atoms with E-state index in [0.29, 0.717) is 36.0 Å². The Hall–Kier alpha value is -2.67. The van der Waals surface area contributed by atoms with Crippen LogP contribution in [0.1, 0.15) is 10.4 Å². The van der Waals surface area contributed by atoms with Crippen LogP contribution in [0.2, 0.25) is 0 Å². The van der Waals surface area contributed by atoms with Gasteiger partial charge in [0.2, 0.25) is 0 Å². The second-order valence-electron chi connectivity index (χ2n) is 5.18. The van der Waals surface area contributed by atoms with Crippen molar-refractivity contribution in [3.8, 4) is 11.5 Å². The van der Waals surface area contributed by atoms with Gasteiger partial charge in [-0.15, -0.1) is 11.8 Å². The normalized spacial score (nSPS) is 12.4. The number of esters is 1. The average molecular weight is 359 g/mol. The Morgan fingerprint density at radius 2 is 1.88 bits per heavy atom. The van der Waals surface area contributed by atoms with Gasteiger partial charge in [-0.1, -0.05) is 12.1 Å². The third-order valence-corrected chi connectivity index (χ3v) is 4.28. The Morgan fingerprint density at radius 1 is 1.12 bits per heavy atom. The van der Waals surface area contributed by atoms with Gasteiger partial charge in [-0.3, -0.25) is 4.79 Å². The summed E-state index contributed by atoms with van der Waals surface area (Å²) in [5, 5.41) is 2.67. The van der Waals surface area contributed by atoms with E-state index >= 15 is 0 Å². The van der Waals surface area contributed by atoms with E-state index in [4.69, 9.17) is 14.2 Å². The minimum absolute atomic E-state index is 0.365. The number of fused-ring (bicyclic) bond motifs is 1. The van der Waals surface area contributed by atoms with E-state index in [9.17, 15) is 9.59 Å². The summed E-state index contributed by atoms with van der Waals surface area (Å²) in [6.07, 6.45) is 1.88. The van der Waals surface area contributed by atoms with E-state index in [2.05, 4.69) is 5.32 Å². The molecule has 2 aromatic carbocycles. The number of hydrogen-bond donors (Lipinski definition) is 1. The second kappa shape index (κ2) is 7.94. The standard InChI is InChI=1S/C18H17NO5S/c1-25-16-5-3-2-4-13(16)18(21)24-11-17(20)19-12-6-7-14-15(10-12)23-9-8-22-14/h2-7,10H,8-9,11H2,1H3,(H,19,20). The van der Waals surface area contributed by atoms with Crippen molar-refractivity contribution in [1.29, 1.82) is 0 Å². The zero-order chi connectivity index (χ0) is 17.6. The molecule has 0 radical (unpaired) electrons. The summed E-state index contributed by atoms with van der Waals surface area (Å²) >= 11 is 1.45. The van der Waals surface area contributed by atoms with Crippen LogP contribution in [0.4, 0.5) is 5.69 Å². The summed E-state index contributed by atoms with van der Waals surface area (Å²) in [5.74, 6) is 0.272. The number of carbonyl (C=O) groups excluding carboxylic acids is 2. The molecule has 1 N–H and O–H groups in total. The number of anilines is 1. The van der Waals surface area contributed by atoms with Crippen LogP contribution in [0.15, 0.2) is 47.4 Å². The fourth-order valence-corrected chi connectivity index (χ4v) is 2.93. The van der Waals surface area contributed by atoms with Gasteiger partial charge in [-0.05, 0) is 30.5 Å². The summed E-state index contributed by atoms with van der Waals surface area (Å²) in [6.45, 7) is 0.610. The van der Waals surface area contributed by atoms with E-state index in [-0.39, 0.29) is 6.61 Å². The van der Waals surface area contributed by atoms with Crippen LogP contribution < -0.4 is 14.8 Å². The van der Waals surface area contributed by atoms with E-state index in [1.807, 2.05) is 18.4 Å². The van der Waals surface area contributed by atoms with Crippen molar-refractivity contribution in [2.45, 2.75) is 4.90 Å². The molecule has 1 aliphatic rings. The molecule has 0 atom stereocenters. The minimum Gasteiger partial charge on any atom is -0.486 e. The lowest BCUT2D eigenvalue weighted by Gasteiger charge is -2.19. The predicted octanol–water partition coefficient (Wildman–Crippen LogP) is 2.98. The first-order valence-corrected chi connectivity index (χ1v) is 8.89. The molecule has 0 saturated carbocycles. The smallest absolute Gasteiger partial charge is 0.339 e. The molecule has 1 heterocycles. The van der Waals surface area contributed by atoms with Crippen LogP contribution in [0, 0.1) is 0 Å². The number of thioether (sulfide) groups is 1. The number of carbonyl (C=O) groups is 2. The van der Waals surface area contributed by atoms with Crippen molar-refractivity contribution in [2.75, 3.05) is 31.4 Å². The van der Waals surface area contributed by atoms with Crippen molar-refractivity contribution in [3.05, 3.63) is 48.0 Å². The Morgan fingerprint density at radius 3 is 2.68 bits per heavy atom. The van der Waals surface area contributed by atoms with Crippen molar-refractivity contribution < 1.29 is 23.8 Å². The molecule has 0 aromatic heterocycles. The fourth-order valence-electron chi connectivity index (χ4n) is 2.34. The molecular weight excluding hydrogens is 342 g/mol. The number of hydrogen-bond acceptors (Lipinski definition) is 6. The molecule has 25 heavy (non-hydrogen) atoms. The summed E-state index contributed by atoms with van der Waals surface area (Å²) in [6, 6.07) is 12.2. The van der Waals surface area contributed by atoms with Gasteiger partial charge in [0, 0.05) is 16.6 Å². The van der Waals surface area contributed by atoms with Gasteiger partial charge in [0.15, 0.2) is 18.1 Å². The molecule has 0 bridgehead atoms. The third kappa shape index (κ3) is 4.24. The SMILES string of the molecule is CSc1ccccc1C(=O)OCC(=O)Nc1ccc2c(c1)OCCO2. The highest BCUT2D eigenvalue weighted by molar-refractivity contribution is 7.98. The summed E-state index contributed by atoms with van der Waals surface area (Å²) in [5.41, 5.74) is 0.997. The van der Waals surface area contributed by atoms with E-state index in [0.717, 1.165) is 4.90 Å². The molecule has 0 aliphatic carbocycles. The maximum absolute atomic E-state index is 12.1. The van der Waals surface area contributed by atoms with Crippen LogP contribution >= 0.6 is 11.8 Å². The van der Waals surface area contributed by atoms with Crippen molar-refractivity contribution in [2.24, 2.45) is 0 Å². The van der Waals surface area contributed by atoms with Gasteiger partial charge < -0.3 is 19.5 Å². The van der Waals surface area contributed by atoms with E-state index in [1.165, 1.54) is 11.8 Å². The maximum atomic E-state index is 12.1. The molecule has 0 fully saturated rings. The largest absolute Gasteiger partial charge is 0.486 e. The Labute approximate surface area is 149 Å². The minimum atomic E-state index is -0.526. The molecule has 2 aromatic rings. The summed E-state index contributed by atoms with van der Waals surface area (Å²) < 4.78 is 16.0. The number of nitrogens with one attached hydrogen (secondary N) is 1. The van der Waals surface area contributed by atoms with E-state index < -0.39 is 11.9 Å². The molecule has 3 rings (SSSR count). The Bertz CT molecular complexity index is 793. The van der Waals surface area contributed by atoms with Gasteiger partial charge in [-0.25, -0.2) is 4.79 Å². The zero-order valence-corrected chi connectivity index (χ0v) is 14.4. The monoisotopic (exact) mass is 359 g/mol. The van der Waals surface area contributed by atoms with Crippen LogP contribution in [0.25, 0.3) is 0 Å². The van der Waals surface area contributed by atoms with Crippen LogP contribution in [-0.2, 0) is 9.53 Å². The van der Waals surface area contributed by atoms with Crippen LogP contribution in [0.5, 0.6) is 11.5 Å². The molecule has 1 aliphatic heterocycles.